The summed E-state index contributed by atoms with van der Waals surface area (Å²) < 4.78 is 0. The van der Waals surface area contributed by atoms with Crippen LogP contribution < -0.4 is 0 Å². The van der Waals surface area contributed by atoms with Gasteiger partial charge in [0.15, 0.2) is 0 Å². The van der Waals surface area contributed by atoms with Crippen LogP contribution in [0.4, 0.5) is 0 Å². The van der Waals surface area contributed by atoms with E-state index in [9.17, 15) is 9.90 Å². The third-order valence-corrected chi connectivity index (χ3v) is 8.65. The summed E-state index contributed by atoms with van der Waals surface area (Å²) in [7, 11) is 0. The zero-order chi connectivity index (χ0) is 16.2. The smallest absolute Gasteiger partial charge is 0.146 e. The van der Waals surface area contributed by atoms with Gasteiger partial charge in [0.1, 0.15) is 5.78 Å². The highest BCUT2D eigenvalue weighted by Gasteiger charge is 2.53. The third-order valence-electron chi connectivity index (χ3n) is 8.10. The SMILES string of the molecule is C[C@@]1(O)CC[C@H]2[C@@H](CC[C@@H]3[C@@H]2CC[C@H]2[C@H]3CC[C@@H]2C(=O)CBr)C1. The van der Waals surface area contributed by atoms with E-state index in [2.05, 4.69) is 15.9 Å². The normalized spacial score (nSPS) is 52.4. The third kappa shape index (κ3) is 2.84. The van der Waals surface area contributed by atoms with Gasteiger partial charge >= 0.3 is 0 Å². The minimum Gasteiger partial charge on any atom is -0.390 e. The monoisotopic (exact) mass is 382 g/mol. The topological polar surface area (TPSA) is 37.3 Å². The summed E-state index contributed by atoms with van der Waals surface area (Å²) >= 11 is 3.39. The highest BCUT2D eigenvalue weighted by atomic mass is 79.9. The Morgan fingerprint density at radius 2 is 1.57 bits per heavy atom. The minimum absolute atomic E-state index is 0.352. The zero-order valence-corrected chi connectivity index (χ0v) is 15.9. The summed E-state index contributed by atoms with van der Waals surface area (Å²) in [6, 6.07) is 0. The maximum Gasteiger partial charge on any atom is 0.146 e. The van der Waals surface area contributed by atoms with E-state index in [-0.39, 0.29) is 0 Å². The number of alkyl halides is 1. The summed E-state index contributed by atoms with van der Waals surface area (Å²) in [4.78, 5) is 12.3. The number of Topliss-reactive ketones (excluding diaryl/α,β-unsaturated/α-hetero) is 1. The maximum absolute atomic E-state index is 12.3. The Morgan fingerprint density at radius 1 is 0.957 bits per heavy atom. The second-order valence-electron chi connectivity index (χ2n) is 9.26. The molecule has 0 heterocycles. The molecule has 0 radical (unpaired) electrons. The molecule has 2 nitrogen and oxygen atoms in total. The van der Waals surface area contributed by atoms with Gasteiger partial charge in [-0.2, -0.15) is 0 Å². The molecule has 0 spiro atoms. The van der Waals surface area contributed by atoms with Gasteiger partial charge in [-0.1, -0.05) is 15.9 Å². The molecule has 1 N–H and O–H groups in total. The summed E-state index contributed by atoms with van der Waals surface area (Å²) in [6.07, 6.45) is 11.0. The fraction of sp³-hybridized carbons (Fsp3) is 0.950. The standard InChI is InChI=1S/C20H31BrO2/c1-20(23)9-8-13-12(10-20)2-3-15-14(13)4-5-17-16(15)6-7-18(17)19(22)11-21/h12-18,23H,2-11H2,1H3/t12-,13-,14+,15+,16-,17-,18-,20+/m0/s1. The van der Waals surface area contributed by atoms with E-state index in [0.29, 0.717) is 22.9 Å². The van der Waals surface area contributed by atoms with Gasteiger partial charge in [-0.25, -0.2) is 0 Å². The van der Waals surface area contributed by atoms with Crippen molar-refractivity contribution in [3.8, 4) is 0 Å². The van der Waals surface area contributed by atoms with Crippen molar-refractivity contribution >= 4 is 21.7 Å². The quantitative estimate of drug-likeness (QED) is 0.709. The average Bonchev–Trinajstić information content (AvgIpc) is 2.96. The van der Waals surface area contributed by atoms with Gasteiger partial charge in [-0.15, -0.1) is 0 Å². The Morgan fingerprint density at radius 3 is 2.35 bits per heavy atom. The van der Waals surface area contributed by atoms with E-state index in [0.717, 1.165) is 48.9 Å². The Hall–Kier alpha value is 0.110. The molecule has 0 aromatic heterocycles. The predicted octanol–water partition coefficient (Wildman–Crippen LogP) is 4.58. The number of hydrogen-bond donors (Lipinski definition) is 1. The highest BCUT2D eigenvalue weighted by Crippen LogP contribution is 2.59. The van der Waals surface area contributed by atoms with E-state index in [4.69, 9.17) is 0 Å². The lowest BCUT2D eigenvalue weighted by Gasteiger charge is -2.54. The van der Waals surface area contributed by atoms with Crippen molar-refractivity contribution in [3.63, 3.8) is 0 Å². The molecular weight excluding hydrogens is 352 g/mol. The highest BCUT2D eigenvalue weighted by molar-refractivity contribution is 9.09. The molecule has 0 amide bonds. The molecule has 130 valence electrons. The van der Waals surface area contributed by atoms with Gasteiger partial charge in [-0.3, -0.25) is 4.79 Å². The lowest BCUT2D eigenvalue weighted by atomic mass is 9.52. The average molecular weight is 383 g/mol. The Labute approximate surface area is 148 Å². The van der Waals surface area contributed by atoms with E-state index < -0.39 is 5.60 Å². The first-order valence-corrected chi connectivity index (χ1v) is 10.9. The number of aliphatic hydroxyl groups is 1. The van der Waals surface area contributed by atoms with Gasteiger partial charge in [0.2, 0.25) is 0 Å². The fourth-order valence-electron chi connectivity index (χ4n) is 7.24. The van der Waals surface area contributed by atoms with Crippen molar-refractivity contribution in [2.75, 3.05) is 5.33 Å². The molecule has 0 aliphatic heterocycles. The lowest BCUT2D eigenvalue weighted by molar-refractivity contribution is -0.123. The number of hydrogen-bond acceptors (Lipinski definition) is 2. The van der Waals surface area contributed by atoms with E-state index in [1.165, 1.54) is 38.5 Å². The Bertz CT molecular complexity index is 474. The van der Waals surface area contributed by atoms with Crippen LogP contribution in [0.2, 0.25) is 0 Å². The summed E-state index contributed by atoms with van der Waals surface area (Å²) in [5.74, 6) is 5.71. The Balaban J connectivity index is 1.49. The number of halogens is 1. The van der Waals surface area contributed by atoms with Crippen LogP contribution in [0.15, 0.2) is 0 Å². The molecule has 3 heteroatoms. The molecular formula is C20H31BrO2. The van der Waals surface area contributed by atoms with E-state index >= 15 is 0 Å². The van der Waals surface area contributed by atoms with Crippen LogP contribution in [0.1, 0.15) is 64.7 Å². The van der Waals surface area contributed by atoms with Gasteiger partial charge in [0, 0.05) is 5.92 Å². The largest absolute Gasteiger partial charge is 0.390 e. The summed E-state index contributed by atoms with van der Waals surface area (Å²) in [5.41, 5.74) is -0.411. The van der Waals surface area contributed by atoms with Crippen LogP contribution >= 0.6 is 15.9 Å². The van der Waals surface area contributed by atoms with E-state index in [1.807, 2.05) is 6.92 Å². The first-order valence-electron chi connectivity index (χ1n) is 9.81. The number of ketones is 1. The molecule has 4 aliphatic carbocycles. The van der Waals surface area contributed by atoms with Gasteiger partial charge < -0.3 is 5.11 Å². The second-order valence-corrected chi connectivity index (χ2v) is 9.82. The zero-order valence-electron chi connectivity index (χ0n) is 14.3. The Kier molecular flexibility index (Phi) is 4.41. The molecule has 0 saturated heterocycles. The molecule has 0 aromatic carbocycles. The molecule has 23 heavy (non-hydrogen) atoms. The molecule has 4 aliphatic rings. The molecule has 4 rings (SSSR count). The van der Waals surface area contributed by atoms with E-state index in [1.54, 1.807) is 0 Å². The first kappa shape index (κ1) is 16.6. The van der Waals surface area contributed by atoms with Crippen molar-refractivity contribution in [1.29, 1.82) is 0 Å². The van der Waals surface area contributed by atoms with Crippen LogP contribution in [0.25, 0.3) is 0 Å². The molecule has 0 bridgehead atoms. The fourth-order valence-corrected chi connectivity index (χ4v) is 7.65. The molecule has 4 fully saturated rings. The molecule has 0 unspecified atom stereocenters. The molecule has 0 aromatic rings. The van der Waals surface area contributed by atoms with Crippen molar-refractivity contribution in [2.45, 2.75) is 70.3 Å². The van der Waals surface area contributed by atoms with Crippen LogP contribution in [0, 0.1) is 41.4 Å². The number of fused-ring (bicyclic) bond motifs is 5. The van der Waals surface area contributed by atoms with Gasteiger partial charge in [0.25, 0.3) is 0 Å². The summed E-state index contributed by atoms with van der Waals surface area (Å²) in [6.45, 7) is 2.04. The molecule has 4 saturated carbocycles. The van der Waals surface area contributed by atoms with Gasteiger partial charge in [0.05, 0.1) is 10.9 Å². The van der Waals surface area contributed by atoms with Crippen LogP contribution in [0.5, 0.6) is 0 Å². The number of carbonyl (C=O) groups excluding carboxylic acids is 1. The predicted molar refractivity (Wildman–Crippen MR) is 95.4 cm³/mol. The molecule has 8 atom stereocenters. The van der Waals surface area contributed by atoms with Crippen LogP contribution in [0.3, 0.4) is 0 Å². The first-order chi connectivity index (χ1) is 11.0. The van der Waals surface area contributed by atoms with Crippen molar-refractivity contribution in [2.24, 2.45) is 41.4 Å². The minimum atomic E-state index is -0.411. The van der Waals surface area contributed by atoms with Crippen molar-refractivity contribution < 1.29 is 9.90 Å². The van der Waals surface area contributed by atoms with Crippen molar-refractivity contribution in [3.05, 3.63) is 0 Å². The second kappa shape index (κ2) is 6.12. The van der Waals surface area contributed by atoms with Crippen LogP contribution in [-0.4, -0.2) is 21.8 Å². The lowest BCUT2D eigenvalue weighted by Crippen LogP contribution is -2.48. The van der Waals surface area contributed by atoms with Crippen LogP contribution in [-0.2, 0) is 4.79 Å². The number of carbonyl (C=O) groups is 1. The summed E-state index contributed by atoms with van der Waals surface area (Å²) in [5, 5.41) is 11.0. The van der Waals surface area contributed by atoms with Crippen molar-refractivity contribution in [1.82, 2.24) is 0 Å². The maximum atomic E-state index is 12.3. The number of rotatable bonds is 2. The van der Waals surface area contributed by atoms with Gasteiger partial charge in [-0.05, 0) is 100 Å².